The molecule has 118 valence electrons. The molecular weight excluding hydrogens is 298 g/mol. The third-order valence-corrected chi connectivity index (χ3v) is 6.78. The van der Waals surface area contributed by atoms with Gasteiger partial charge in [-0.1, -0.05) is 30.4 Å². The maximum atomic E-state index is 12.6. The highest BCUT2D eigenvalue weighted by atomic mass is 32.2. The second kappa shape index (κ2) is 6.24. The van der Waals surface area contributed by atoms with E-state index in [1.807, 2.05) is 0 Å². The van der Waals surface area contributed by atoms with E-state index in [2.05, 4.69) is 12.2 Å². The Morgan fingerprint density at radius 2 is 1.86 bits per heavy atom. The van der Waals surface area contributed by atoms with Crippen LogP contribution >= 0.6 is 0 Å². The van der Waals surface area contributed by atoms with E-state index in [-0.39, 0.29) is 11.8 Å². The van der Waals surface area contributed by atoms with Gasteiger partial charge in [-0.15, -0.1) is 0 Å². The molecule has 0 radical (unpaired) electrons. The molecule has 2 atom stereocenters. The quantitative estimate of drug-likeness (QED) is 0.804. The third-order valence-electron chi connectivity index (χ3n) is 4.59. The Morgan fingerprint density at radius 3 is 2.55 bits per heavy atom. The highest BCUT2D eigenvalue weighted by Gasteiger charge is 2.37. The van der Waals surface area contributed by atoms with Crippen molar-refractivity contribution in [1.82, 2.24) is 4.90 Å². The summed E-state index contributed by atoms with van der Waals surface area (Å²) in [5.41, 5.74) is 0. The molecule has 1 amide bonds. The summed E-state index contributed by atoms with van der Waals surface area (Å²) < 4.78 is 25.3. The number of amides is 1. The molecule has 1 aliphatic carbocycles. The largest absolute Gasteiger partial charge is 0.341 e. The first-order valence-corrected chi connectivity index (χ1v) is 9.36. The molecule has 2 unspecified atom stereocenters. The molecule has 3 rings (SSSR count). The summed E-state index contributed by atoms with van der Waals surface area (Å²) in [6, 6.07) is 8.54. The highest BCUT2D eigenvalue weighted by Crippen LogP contribution is 2.27. The molecule has 4 nitrogen and oxygen atoms in total. The maximum absolute atomic E-state index is 12.6. The fourth-order valence-corrected chi connectivity index (χ4v) is 4.97. The number of carbonyl (C=O) groups excluding carboxylic acids is 1. The molecule has 1 fully saturated rings. The normalized spacial score (nSPS) is 25.4. The van der Waals surface area contributed by atoms with Crippen molar-refractivity contribution in [1.29, 1.82) is 0 Å². The zero-order valence-corrected chi connectivity index (χ0v) is 13.3. The topological polar surface area (TPSA) is 54.5 Å². The Bertz CT molecular complexity index is 666. The van der Waals surface area contributed by atoms with Crippen LogP contribution in [0.25, 0.3) is 0 Å². The maximum Gasteiger partial charge on any atom is 0.226 e. The fraction of sp³-hybridized carbons (Fsp3) is 0.471. The van der Waals surface area contributed by atoms with Gasteiger partial charge in [0.15, 0.2) is 9.84 Å². The van der Waals surface area contributed by atoms with Crippen molar-refractivity contribution < 1.29 is 13.2 Å². The number of allylic oxidation sites excluding steroid dienone is 2. The van der Waals surface area contributed by atoms with Crippen LogP contribution in [0.5, 0.6) is 0 Å². The van der Waals surface area contributed by atoms with Crippen LogP contribution in [0.2, 0.25) is 0 Å². The highest BCUT2D eigenvalue weighted by molar-refractivity contribution is 7.92. The summed E-state index contributed by atoms with van der Waals surface area (Å²) in [6.45, 7) is 0.881. The zero-order valence-electron chi connectivity index (χ0n) is 12.5. The van der Waals surface area contributed by atoms with Crippen LogP contribution in [-0.2, 0) is 14.6 Å². The SMILES string of the molecule is O=C(C1CC=CCC1)N1CCC(S(=O)(=O)c2ccccc2)C1. The third kappa shape index (κ3) is 2.95. The molecule has 0 saturated carbocycles. The van der Waals surface area contributed by atoms with Gasteiger partial charge in [0.2, 0.25) is 5.91 Å². The molecule has 1 aromatic carbocycles. The average molecular weight is 319 g/mol. The number of carbonyl (C=O) groups is 1. The summed E-state index contributed by atoms with van der Waals surface area (Å²) in [5.74, 6) is 0.151. The van der Waals surface area contributed by atoms with Gasteiger partial charge in [-0.05, 0) is 37.8 Å². The minimum atomic E-state index is -3.34. The molecular formula is C17H21NO3S. The molecule has 0 spiro atoms. The predicted octanol–water partition coefficient (Wildman–Crippen LogP) is 2.42. The molecule has 22 heavy (non-hydrogen) atoms. The van der Waals surface area contributed by atoms with E-state index in [0.717, 1.165) is 19.3 Å². The first-order valence-electron chi connectivity index (χ1n) is 7.82. The standard InChI is InChI=1S/C17H21NO3S/c19-17(14-7-3-1-4-8-14)18-12-11-16(13-18)22(20,21)15-9-5-2-6-10-15/h1-3,5-6,9-10,14,16H,4,7-8,11-13H2. The van der Waals surface area contributed by atoms with Crippen LogP contribution in [0.1, 0.15) is 25.7 Å². The Hall–Kier alpha value is -1.62. The second-order valence-corrected chi connectivity index (χ2v) is 8.26. The molecule has 0 N–H and O–H groups in total. The van der Waals surface area contributed by atoms with Crippen molar-refractivity contribution in [3.63, 3.8) is 0 Å². The van der Waals surface area contributed by atoms with Gasteiger partial charge in [0, 0.05) is 19.0 Å². The Kier molecular flexibility index (Phi) is 4.34. The summed E-state index contributed by atoms with van der Waals surface area (Å²) in [6.07, 6.45) is 7.30. The molecule has 1 saturated heterocycles. The van der Waals surface area contributed by atoms with E-state index in [1.54, 1.807) is 35.2 Å². The van der Waals surface area contributed by atoms with Gasteiger partial charge in [0.05, 0.1) is 10.1 Å². The minimum Gasteiger partial charge on any atom is -0.341 e. The van der Waals surface area contributed by atoms with Crippen LogP contribution in [-0.4, -0.2) is 37.6 Å². The van der Waals surface area contributed by atoms with Gasteiger partial charge >= 0.3 is 0 Å². The summed E-state index contributed by atoms with van der Waals surface area (Å²) in [4.78, 5) is 14.6. The Balaban J connectivity index is 1.69. The van der Waals surface area contributed by atoms with E-state index in [0.29, 0.717) is 24.4 Å². The van der Waals surface area contributed by atoms with Crippen molar-refractivity contribution in [2.24, 2.45) is 5.92 Å². The van der Waals surface area contributed by atoms with Gasteiger partial charge < -0.3 is 4.90 Å². The van der Waals surface area contributed by atoms with Crippen molar-refractivity contribution in [2.75, 3.05) is 13.1 Å². The molecule has 2 aliphatic rings. The predicted molar refractivity (Wildman–Crippen MR) is 85.1 cm³/mol. The Labute approximate surface area is 131 Å². The molecule has 0 aromatic heterocycles. The minimum absolute atomic E-state index is 0.0307. The lowest BCUT2D eigenvalue weighted by molar-refractivity contribution is -0.134. The molecule has 1 aromatic rings. The second-order valence-electron chi connectivity index (χ2n) is 6.03. The number of likely N-dealkylation sites (tertiary alicyclic amines) is 1. The van der Waals surface area contributed by atoms with Crippen molar-refractivity contribution >= 4 is 15.7 Å². The first-order chi connectivity index (χ1) is 10.6. The number of hydrogen-bond donors (Lipinski definition) is 0. The summed E-state index contributed by atoms with van der Waals surface area (Å²) in [5, 5.41) is -0.474. The lowest BCUT2D eigenvalue weighted by Crippen LogP contribution is -2.36. The van der Waals surface area contributed by atoms with E-state index < -0.39 is 15.1 Å². The van der Waals surface area contributed by atoms with Crippen LogP contribution in [0.4, 0.5) is 0 Å². The summed E-state index contributed by atoms with van der Waals surface area (Å²) in [7, 11) is -3.34. The van der Waals surface area contributed by atoms with E-state index in [4.69, 9.17) is 0 Å². The number of nitrogens with zero attached hydrogens (tertiary/aromatic N) is 1. The zero-order chi connectivity index (χ0) is 15.6. The van der Waals surface area contributed by atoms with Crippen LogP contribution in [0, 0.1) is 5.92 Å². The fourth-order valence-electron chi connectivity index (χ4n) is 3.26. The lowest BCUT2D eigenvalue weighted by Gasteiger charge is -2.24. The lowest BCUT2D eigenvalue weighted by atomic mass is 9.93. The smallest absolute Gasteiger partial charge is 0.226 e. The van der Waals surface area contributed by atoms with Gasteiger partial charge in [0.25, 0.3) is 0 Å². The molecule has 5 heteroatoms. The monoisotopic (exact) mass is 319 g/mol. The van der Waals surface area contributed by atoms with Gasteiger partial charge in [-0.3, -0.25) is 4.79 Å². The Morgan fingerprint density at radius 1 is 1.09 bits per heavy atom. The number of hydrogen-bond acceptors (Lipinski definition) is 3. The van der Waals surface area contributed by atoms with Crippen molar-refractivity contribution in [3.05, 3.63) is 42.5 Å². The number of sulfone groups is 1. The number of benzene rings is 1. The van der Waals surface area contributed by atoms with Gasteiger partial charge in [-0.25, -0.2) is 8.42 Å². The van der Waals surface area contributed by atoms with Crippen LogP contribution in [0.3, 0.4) is 0 Å². The van der Waals surface area contributed by atoms with E-state index in [1.165, 1.54) is 0 Å². The average Bonchev–Trinajstić information content (AvgIpc) is 3.06. The molecule has 0 bridgehead atoms. The van der Waals surface area contributed by atoms with E-state index >= 15 is 0 Å². The van der Waals surface area contributed by atoms with Crippen LogP contribution < -0.4 is 0 Å². The van der Waals surface area contributed by atoms with Crippen molar-refractivity contribution in [3.8, 4) is 0 Å². The van der Waals surface area contributed by atoms with Gasteiger partial charge in [-0.2, -0.15) is 0 Å². The molecule has 1 aliphatic heterocycles. The van der Waals surface area contributed by atoms with E-state index in [9.17, 15) is 13.2 Å². The van der Waals surface area contributed by atoms with Crippen molar-refractivity contribution in [2.45, 2.75) is 35.8 Å². The first kappa shape index (κ1) is 15.3. The van der Waals surface area contributed by atoms with Crippen LogP contribution in [0.15, 0.2) is 47.4 Å². The number of rotatable bonds is 3. The van der Waals surface area contributed by atoms with Gasteiger partial charge in [0.1, 0.15) is 0 Å². The summed E-state index contributed by atoms with van der Waals surface area (Å²) >= 11 is 0. The molecule has 1 heterocycles.